The molecule has 0 aliphatic rings. The van der Waals surface area contributed by atoms with Crippen molar-refractivity contribution in [1.29, 1.82) is 0 Å². The second-order valence-electron chi connectivity index (χ2n) is 7.45. The topological polar surface area (TPSA) is 103 Å². The van der Waals surface area contributed by atoms with E-state index in [4.69, 9.17) is 13.7 Å². The van der Waals surface area contributed by atoms with Crippen LogP contribution in [0.3, 0.4) is 0 Å². The van der Waals surface area contributed by atoms with Crippen LogP contribution in [0.25, 0.3) is 0 Å². The van der Waals surface area contributed by atoms with E-state index in [1.165, 1.54) is 31.5 Å². The fraction of sp³-hybridized carbons (Fsp3) is 0.200. The van der Waals surface area contributed by atoms with Crippen LogP contribution in [0, 0.1) is 6.92 Å². The highest BCUT2D eigenvalue weighted by atomic mass is 79.9. The summed E-state index contributed by atoms with van der Waals surface area (Å²) in [6, 6.07) is 16.0. The van der Waals surface area contributed by atoms with Crippen molar-refractivity contribution in [2.24, 2.45) is 5.10 Å². The molecule has 1 N–H and O–H groups in total. The number of nitrogens with one attached hydrogen (secondary N) is 1. The number of benzene rings is 3. The Labute approximate surface area is 213 Å². The van der Waals surface area contributed by atoms with Gasteiger partial charge in [0.1, 0.15) is 4.90 Å². The first-order valence-electron chi connectivity index (χ1n) is 10.7. The number of hydrazone groups is 1. The smallest absolute Gasteiger partial charge is 0.339 e. The summed E-state index contributed by atoms with van der Waals surface area (Å²) in [4.78, 5) is 12.5. The lowest BCUT2D eigenvalue weighted by molar-refractivity contribution is 0.0954. The van der Waals surface area contributed by atoms with Gasteiger partial charge in [-0.1, -0.05) is 24.6 Å². The van der Waals surface area contributed by atoms with E-state index in [0.717, 1.165) is 12.0 Å². The van der Waals surface area contributed by atoms with Gasteiger partial charge < -0.3 is 13.7 Å². The molecule has 3 aromatic rings. The maximum absolute atomic E-state index is 12.5. The zero-order valence-corrected chi connectivity index (χ0v) is 21.9. The molecule has 8 nitrogen and oxygen atoms in total. The highest BCUT2D eigenvalue weighted by molar-refractivity contribution is 9.10. The molecule has 0 saturated carbocycles. The van der Waals surface area contributed by atoms with E-state index in [9.17, 15) is 13.2 Å². The number of carbonyl (C=O) groups is 1. The normalized spacial score (nSPS) is 11.3. The van der Waals surface area contributed by atoms with E-state index in [0.29, 0.717) is 33.7 Å². The molecule has 0 radical (unpaired) electrons. The van der Waals surface area contributed by atoms with Crippen molar-refractivity contribution in [2.75, 3.05) is 13.7 Å². The lowest BCUT2D eigenvalue weighted by Gasteiger charge is -2.11. The van der Waals surface area contributed by atoms with Gasteiger partial charge in [-0.15, -0.1) is 0 Å². The van der Waals surface area contributed by atoms with Crippen molar-refractivity contribution >= 4 is 38.2 Å². The zero-order valence-electron chi connectivity index (χ0n) is 19.4. The molecule has 10 heteroatoms. The molecule has 184 valence electrons. The lowest BCUT2D eigenvalue weighted by atomic mass is 10.2. The minimum absolute atomic E-state index is 0.0601. The van der Waals surface area contributed by atoms with Gasteiger partial charge in [0.25, 0.3) is 5.91 Å². The van der Waals surface area contributed by atoms with Crippen LogP contribution in [0.1, 0.15) is 34.8 Å². The molecule has 0 heterocycles. The predicted octanol–water partition coefficient (Wildman–Crippen LogP) is 5.09. The Bertz CT molecular complexity index is 1320. The van der Waals surface area contributed by atoms with Crippen molar-refractivity contribution in [2.45, 2.75) is 25.2 Å². The molecule has 0 bridgehead atoms. The Kier molecular flexibility index (Phi) is 8.89. The third-order valence-corrected chi connectivity index (χ3v) is 6.60. The van der Waals surface area contributed by atoms with E-state index in [1.54, 1.807) is 42.5 Å². The van der Waals surface area contributed by atoms with Crippen molar-refractivity contribution in [3.05, 3.63) is 81.8 Å². The number of hydrogen-bond donors (Lipinski definition) is 1. The largest absolute Gasteiger partial charge is 0.493 e. The molecule has 3 aromatic carbocycles. The molecule has 0 atom stereocenters. The van der Waals surface area contributed by atoms with Crippen molar-refractivity contribution < 1.29 is 26.9 Å². The summed E-state index contributed by atoms with van der Waals surface area (Å²) < 4.78 is 41.6. The van der Waals surface area contributed by atoms with E-state index in [-0.39, 0.29) is 10.6 Å². The number of rotatable bonds is 10. The van der Waals surface area contributed by atoms with Gasteiger partial charge in [-0.2, -0.15) is 13.5 Å². The molecule has 35 heavy (non-hydrogen) atoms. The average Bonchev–Trinajstić information content (AvgIpc) is 2.84. The molecule has 1 amide bonds. The highest BCUT2D eigenvalue weighted by Gasteiger charge is 2.18. The number of carbonyl (C=O) groups excluding carboxylic acids is 1. The van der Waals surface area contributed by atoms with Crippen LogP contribution < -0.4 is 19.1 Å². The van der Waals surface area contributed by atoms with Gasteiger partial charge in [0.2, 0.25) is 0 Å². The minimum Gasteiger partial charge on any atom is -0.493 e. The van der Waals surface area contributed by atoms with Crippen LogP contribution in [-0.4, -0.2) is 34.3 Å². The van der Waals surface area contributed by atoms with Gasteiger partial charge in [0.15, 0.2) is 17.2 Å². The Hall–Kier alpha value is -3.37. The second-order valence-corrected chi connectivity index (χ2v) is 9.85. The molecule has 0 saturated heterocycles. The molecule has 0 unspecified atom stereocenters. The fourth-order valence-corrected chi connectivity index (χ4v) is 4.44. The SMILES string of the molecule is CCCOc1ccc(C(=O)N/N=C/c2ccc(OS(=O)(=O)c3ccc(C)cc3)c(Br)c2)cc1OC. The van der Waals surface area contributed by atoms with E-state index >= 15 is 0 Å². The molecular formula is C25H25BrN2O6S. The fourth-order valence-electron chi connectivity index (χ4n) is 2.91. The van der Waals surface area contributed by atoms with Gasteiger partial charge in [-0.25, -0.2) is 5.43 Å². The Balaban J connectivity index is 1.65. The summed E-state index contributed by atoms with van der Waals surface area (Å²) in [7, 11) is -2.47. The number of hydrogen-bond acceptors (Lipinski definition) is 7. The van der Waals surface area contributed by atoms with E-state index in [1.807, 2.05) is 13.8 Å². The molecule has 0 spiro atoms. The number of methoxy groups -OCH3 is 1. The van der Waals surface area contributed by atoms with Crippen LogP contribution in [0.4, 0.5) is 0 Å². The quantitative estimate of drug-likeness (QED) is 0.210. The standard InChI is InChI=1S/C25H25BrN2O6S/c1-4-13-33-23-12-8-19(15-24(23)32-3)25(29)28-27-16-18-7-11-22(21(26)14-18)34-35(30,31)20-9-5-17(2)6-10-20/h5-12,14-16H,4,13H2,1-3H3,(H,28,29)/b27-16+. The molecule has 0 aromatic heterocycles. The third-order valence-electron chi connectivity index (χ3n) is 4.73. The summed E-state index contributed by atoms with van der Waals surface area (Å²) in [6.07, 6.45) is 2.28. The molecule has 0 aliphatic heterocycles. The number of amides is 1. The molecule has 0 aliphatic carbocycles. The maximum Gasteiger partial charge on any atom is 0.339 e. The first-order valence-corrected chi connectivity index (χ1v) is 12.9. The monoisotopic (exact) mass is 560 g/mol. The van der Waals surface area contributed by atoms with Gasteiger partial charge in [0, 0.05) is 5.56 Å². The van der Waals surface area contributed by atoms with Gasteiger partial charge >= 0.3 is 10.1 Å². The summed E-state index contributed by atoms with van der Waals surface area (Å²) in [5.74, 6) is 0.718. The number of ether oxygens (including phenoxy) is 2. The van der Waals surface area contributed by atoms with Crippen molar-refractivity contribution in [3.8, 4) is 17.2 Å². The average molecular weight is 561 g/mol. The van der Waals surface area contributed by atoms with Crippen LogP contribution in [0.15, 0.2) is 75.1 Å². The van der Waals surface area contributed by atoms with Gasteiger partial charge in [0.05, 0.1) is 24.4 Å². The molecular weight excluding hydrogens is 536 g/mol. The van der Waals surface area contributed by atoms with E-state index < -0.39 is 16.0 Å². The summed E-state index contributed by atoms with van der Waals surface area (Å²) >= 11 is 3.32. The second kappa shape index (κ2) is 11.9. The molecule has 0 fully saturated rings. The Morgan fingerprint density at radius 2 is 1.74 bits per heavy atom. The Morgan fingerprint density at radius 3 is 2.40 bits per heavy atom. The zero-order chi connectivity index (χ0) is 25.4. The number of nitrogens with zero attached hydrogens (tertiary/aromatic N) is 1. The first kappa shape index (κ1) is 26.2. The summed E-state index contributed by atoms with van der Waals surface area (Å²) in [5, 5.41) is 3.97. The predicted molar refractivity (Wildman–Crippen MR) is 137 cm³/mol. The van der Waals surface area contributed by atoms with Gasteiger partial charge in [-0.05, 0) is 83.4 Å². The number of halogens is 1. The van der Waals surface area contributed by atoms with Crippen LogP contribution in [0.2, 0.25) is 0 Å². The van der Waals surface area contributed by atoms with Crippen LogP contribution >= 0.6 is 15.9 Å². The summed E-state index contributed by atoms with van der Waals surface area (Å²) in [5.41, 5.74) is 4.36. The lowest BCUT2D eigenvalue weighted by Crippen LogP contribution is -2.17. The van der Waals surface area contributed by atoms with Crippen molar-refractivity contribution in [1.82, 2.24) is 5.43 Å². The van der Waals surface area contributed by atoms with Gasteiger partial charge in [-0.3, -0.25) is 4.79 Å². The Morgan fingerprint density at radius 1 is 1.03 bits per heavy atom. The minimum atomic E-state index is -3.98. The third kappa shape index (κ3) is 7.06. The molecule has 3 rings (SSSR count). The maximum atomic E-state index is 12.5. The summed E-state index contributed by atoms with van der Waals surface area (Å²) in [6.45, 7) is 4.41. The highest BCUT2D eigenvalue weighted by Crippen LogP contribution is 2.29. The first-order chi connectivity index (χ1) is 16.7. The van der Waals surface area contributed by atoms with Crippen LogP contribution in [0.5, 0.6) is 17.2 Å². The van der Waals surface area contributed by atoms with Crippen molar-refractivity contribution in [3.63, 3.8) is 0 Å². The van der Waals surface area contributed by atoms with E-state index in [2.05, 4.69) is 26.5 Å². The van der Waals surface area contributed by atoms with Crippen LogP contribution in [-0.2, 0) is 10.1 Å². The number of aryl methyl sites for hydroxylation is 1.